The maximum atomic E-state index is 12.6. The molecular formula is C22H26N4O3S2. The first-order chi connectivity index (χ1) is 15.1. The Hall–Kier alpha value is -2.36. The number of piperazine rings is 1. The van der Waals surface area contributed by atoms with Gasteiger partial charge in [0.05, 0.1) is 18.6 Å². The Bertz CT molecular complexity index is 1070. The summed E-state index contributed by atoms with van der Waals surface area (Å²) in [5.41, 5.74) is 1.96. The SMILES string of the molecule is COc1ccc(CCN2CCN(C(=O)CSCc3cc(=O)n4ccsc4n3)CC2)cc1. The number of ether oxygens (including phenoxy) is 1. The van der Waals surface area contributed by atoms with Gasteiger partial charge in [0.2, 0.25) is 5.91 Å². The molecule has 0 N–H and O–H groups in total. The van der Waals surface area contributed by atoms with Gasteiger partial charge in [-0.1, -0.05) is 12.1 Å². The second-order valence-corrected chi connectivity index (χ2v) is 9.31. The third kappa shape index (κ3) is 5.66. The Kier molecular flexibility index (Phi) is 7.26. The average Bonchev–Trinajstić information content (AvgIpc) is 3.28. The van der Waals surface area contributed by atoms with Crippen LogP contribution in [-0.4, -0.2) is 70.7 Å². The van der Waals surface area contributed by atoms with Crippen LogP contribution in [0.1, 0.15) is 11.3 Å². The van der Waals surface area contributed by atoms with Gasteiger partial charge < -0.3 is 9.64 Å². The van der Waals surface area contributed by atoms with E-state index in [9.17, 15) is 9.59 Å². The van der Waals surface area contributed by atoms with Gasteiger partial charge in [-0.2, -0.15) is 0 Å². The van der Waals surface area contributed by atoms with Gasteiger partial charge in [0.15, 0.2) is 4.96 Å². The molecule has 3 heterocycles. The summed E-state index contributed by atoms with van der Waals surface area (Å²) in [4.78, 5) is 34.2. The molecule has 1 saturated heterocycles. The monoisotopic (exact) mass is 458 g/mol. The van der Waals surface area contributed by atoms with Gasteiger partial charge in [-0.25, -0.2) is 4.98 Å². The zero-order chi connectivity index (χ0) is 21.6. The van der Waals surface area contributed by atoms with Crippen molar-refractivity contribution < 1.29 is 9.53 Å². The second kappa shape index (κ2) is 10.3. The average molecular weight is 459 g/mol. The van der Waals surface area contributed by atoms with Gasteiger partial charge in [0.25, 0.3) is 5.56 Å². The first kappa shape index (κ1) is 21.9. The highest BCUT2D eigenvalue weighted by atomic mass is 32.2. The summed E-state index contributed by atoms with van der Waals surface area (Å²) in [7, 11) is 1.68. The van der Waals surface area contributed by atoms with Gasteiger partial charge in [-0.15, -0.1) is 23.1 Å². The molecule has 31 heavy (non-hydrogen) atoms. The molecule has 0 spiro atoms. The second-order valence-electron chi connectivity index (χ2n) is 7.45. The molecule has 0 atom stereocenters. The maximum Gasteiger partial charge on any atom is 0.258 e. The molecule has 0 radical (unpaired) electrons. The number of fused-ring (bicyclic) bond motifs is 1. The van der Waals surface area contributed by atoms with Crippen LogP contribution in [0.4, 0.5) is 0 Å². The van der Waals surface area contributed by atoms with E-state index in [1.54, 1.807) is 19.4 Å². The maximum absolute atomic E-state index is 12.6. The minimum atomic E-state index is -0.0704. The molecule has 1 aromatic carbocycles. The fourth-order valence-electron chi connectivity index (χ4n) is 3.60. The van der Waals surface area contributed by atoms with Gasteiger partial charge >= 0.3 is 0 Å². The van der Waals surface area contributed by atoms with Gasteiger partial charge in [-0.3, -0.25) is 18.9 Å². The van der Waals surface area contributed by atoms with Crippen molar-refractivity contribution in [3.8, 4) is 5.75 Å². The molecule has 9 heteroatoms. The number of thioether (sulfide) groups is 1. The van der Waals surface area contributed by atoms with E-state index in [1.165, 1.54) is 33.1 Å². The lowest BCUT2D eigenvalue weighted by Crippen LogP contribution is -2.49. The molecule has 0 aliphatic carbocycles. The molecule has 0 unspecified atom stereocenters. The molecule has 4 rings (SSSR count). The fourth-order valence-corrected chi connectivity index (χ4v) is 5.15. The van der Waals surface area contributed by atoms with Crippen LogP contribution in [0.15, 0.2) is 46.7 Å². The molecule has 3 aromatic rings. The van der Waals surface area contributed by atoms with Crippen molar-refractivity contribution in [2.24, 2.45) is 0 Å². The van der Waals surface area contributed by atoms with Crippen LogP contribution >= 0.6 is 23.1 Å². The van der Waals surface area contributed by atoms with Gasteiger partial charge in [-0.05, 0) is 24.1 Å². The van der Waals surface area contributed by atoms with Crippen LogP contribution in [0.25, 0.3) is 4.96 Å². The highest BCUT2D eigenvalue weighted by Gasteiger charge is 2.20. The first-order valence-corrected chi connectivity index (χ1v) is 12.3. The van der Waals surface area contributed by atoms with Crippen molar-refractivity contribution in [1.82, 2.24) is 19.2 Å². The Balaban J connectivity index is 1.17. The smallest absolute Gasteiger partial charge is 0.258 e. The van der Waals surface area contributed by atoms with Gasteiger partial charge in [0, 0.05) is 56.1 Å². The first-order valence-electron chi connectivity index (χ1n) is 10.3. The summed E-state index contributed by atoms with van der Waals surface area (Å²) in [6, 6.07) is 9.76. The zero-order valence-corrected chi connectivity index (χ0v) is 19.2. The molecule has 0 saturated carbocycles. The molecule has 1 aliphatic rings. The van der Waals surface area contributed by atoms with Crippen molar-refractivity contribution in [3.63, 3.8) is 0 Å². The van der Waals surface area contributed by atoms with Crippen molar-refractivity contribution in [1.29, 1.82) is 0 Å². The number of amides is 1. The number of hydrogen-bond donors (Lipinski definition) is 0. The molecule has 1 aliphatic heterocycles. The van der Waals surface area contributed by atoms with Crippen molar-refractivity contribution in [3.05, 3.63) is 63.5 Å². The molecule has 7 nitrogen and oxygen atoms in total. The largest absolute Gasteiger partial charge is 0.497 e. The number of rotatable bonds is 8. The predicted molar refractivity (Wildman–Crippen MR) is 125 cm³/mol. The van der Waals surface area contributed by atoms with Crippen molar-refractivity contribution in [2.45, 2.75) is 12.2 Å². The number of aromatic nitrogens is 2. The molecule has 2 aromatic heterocycles. The lowest BCUT2D eigenvalue weighted by molar-refractivity contribution is -0.130. The Labute approximate surface area is 189 Å². The van der Waals surface area contributed by atoms with E-state index in [-0.39, 0.29) is 11.5 Å². The minimum absolute atomic E-state index is 0.0704. The van der Waals surface area contributed by atoms with E-state index in [0.717, 1.165) is 50.6 Å². The number of methoxy groups -OCH3 is 1. The molecule has 1 amide bonds. The number of benzene rings is 1. The molecular weight excluding hydrogens is 432 g/mol. The minimum Gasteiger partial charge on any atom is -0.497 e. The zero-order valence-electron chi connectivity index (χ0n) is 17.5. The third-order valence-corrected chi connectivity index (χ3v) is 7.14. The lowest BCUT2D eigenvalue weighted by atomic mass is 10.1. The summed E-state index contributed by atoms with van der Waals surface area (Å²) in [5, 5.41) is 1.85. The van der Waals surface area contributed by atoms with Crippen LogP contribution in [0.5, 0.6) is 5.75 Å². The Morgan fingerprint density at radius 2 is 1.97 bits per heavy atom. The van der Waals surface area contributed by atoms with E-state index in [1.807, 2.05) is 22.4 Å². The molecule has 0 bridgehead atoms. The summed E-state index contributed by atoms with van der Waals surface area (Å²) >= 11 is 2.96. The van der Waals surface area contributed by atoms with E-state index in [2.05, 4.69) is 22.0 Å². The number of nitrogens with zero attached hydrogens (tertiary/aromatic N) is 4. The van der Waals surface area contributed by atoms with E-state index in [0.29, 0.717) is 16.5 Å². The summed E-state index contributed by atoms with van der Waals surface area (Å²) in [6.07, 6.45) is 2.72. The number of thiazole rings is 1. The normalized spacial score (nSPS) is 14.8. The number of hydrogen-bond acceptors (Lipinski definition) is 7. The van der Waals surface area contributed by atoms with E-state index in [4.69, 9.17) is 4.74 Å². The van der Waals surface area contributed by atoms with E-state index >= 15 is 0 Å². The van der Waals surface area contributed by atoms with Crippen molar-refractivity contribution >= 4 is 34.0 Å². The van der Waals surface area contributed by atoms with Crippen LogP contribution in [0, 0.1) is 0 Å². The summed E-state index contributed by atoms with van der Waals surface area (Å²) in [6.45, 7) is 4.33. The van der Waals surface area contributed by atoms with Crippen LogP contribution < -0.4 is 10.3 Å². The van der Waals surface area contributed by atoms with Crippen LogP contribution in [0.3, 0.4) is 0 Å². The quantitative estimate of drug-likeness (QED) is 0.516. The number of carbonyl (C=O) groups is 1. The van der Waals surface area contributed by atoms with Gasteiger partial charge in [0.1, 0.15) is 5.75 Å². The third-order valence-electron chi connectivity index (χ3n) is 5.43. The van der Waals surface area contributed by atoms with Crippen molar-refractivity contribution in [2.75, 3.05) is 45.6 Å². The van der Waals surface area contributed by atoms with E-state index < -0.39 is 0 Å². The topological polar surface area (TPSA) is 67.2 Å². The fraction of sp³-hybridized carbons (Fsp3) is 0.409. The highest BCUT2D eigenvalue weighted by molar-refractivity contribution is 7.99. The lowest BCUT2D eigenvalue weighted by Gasteiger charge is -2.34. The van der Waals surface area contributed by atoms with Crippen LogP contribution in [0.2, 0.25) is 0 Å². The summed E-state index contributed by atoms with van der Waals surface area (Å²) < 4.78 is 6.74. The van der Waals surface area contributed by atoms with Crippen LogP contribution in [-0.2, 0) is 17.0 Å². The Morgan fingerprint density at radius 1 is 1.19 bits per heavy atom. The molecule has 164 valence electrons. The highest BCUT2D eigenvalue weighted by Crippen LogP contribution is 2.15. The standard InChI is InChI=1S/C22H26N4O3S2/c1-29-19-4-2-17(3-5-19)6-7-24-8-10-25(11-9-24)21(28)16-30-15-18-14-20(27)26-12-13-31-22(26)23-18/h2-5,12-14H,6-11,15-16H2,1H3. The summed E-state index contributed by atoms with van der Waals surface area (Å²) in [5.74, 6) is 2.02. The Morgan fingerprint density at radius 3 is 2.71 bits per heavy atom. The molecule has 1 fully saturated rings. The number of carbonyl (C=O) groups excluding carboxylic acids is 1. The predicted octanol–water partition coefficient (Wildman–Crippen LogP) is 2.38.